The topological polar surface area (TPSA) is 6.48 Å². The number of hydrogen-bond donors (Lipinski definition) is 0. The number of nitrogens with zero attached hydrogens (tertiary/aromatic N) is 2. The first-order chi connectivity index (χ1) is 5.04. The minimum Gasteiger partial charge on any atom is -0.316 e. The Kier molecular flexibility index (Phi) is 2.51. The van der Waals surface area contributed by atoms with Gasteiger partial charge in [-0.25, -0.2) is 0 Å². The van der Waals surface area contributed by atoms with Crippen molar-refractivity contribution in [3.05, 3.63) is 0 Å². The van der Waals surface area contributed by atoms with Gasteiger partial charge < -0.3 is 9.80 Å². The summed E-state index contributed by atoms with van der Waals surface area (Å²) in [5.41, 5.74) is 0. The zero-order valence-electron chi connectivity index (χ0n) is 6.33. The lowest BCUT2D eigenvalue weighted by Crippen LogP contribution is -2.49. The number of hydrogen-bond acceptors (Lipinski definition) is 3. The van der Waals surface area contributed by atoms with Crippen molar-refractivity contribution in [2.45, 2.75) is 6.42 Å². The van der Waals surface area contributed by atoms with E-state index >= 15 is 0 Å². The molecule has 1 aliphatic rings. The van der Waals surface area contributed by atoms with Crippen LogP contribution in [0.3, 0.4) is 0 Å². The van der Waals surface area contributed by atoms with Gasteiger partial charge in [-0.1, -0.05) is 24.4 Å². The van der Waals surface area contributed by atoms with Gasteiger partial charge in [0.05, 0.1) is 9.98 Å². The average Bonchev–Trinajstić information content (AvgIpc) is 1.97. The van der Waals surface area contributed by atoms with Gasteiger partial charge in [-0.2, -0.15) is 0 Å². The molecule has 0 aromatic rings. The molecule has 1 aliphatic heterocycles. The van der Waals surface area contributed by atoms with Crippen molar-refractivity contribution in [3.8, 4) is 0 Å². The van der Waals surface area contributed by atoms with Gasteiger partial charge in [-0.15, -0.1) is 0 Å². The lowest BCUT2D eigenvalue weighted by atomic mass is 10.3. The van der Waals surface area contributed by atoms with E-state index in [1.165, 1.54) is 0 Å². The molecule has 0 N–H and O–H groups in total. The summed E-state index contributed by atoms with van der Waals surface area (Å²) in [6.45, 7) is 0. The van der Waals surface area contributed by atoms with Gasteiger partial charge in [-0.3, -0.25) is 0 Å². The molecule has 1 rings (SSSR count). The van der Waals surface area contributed by atoms with Crippen molar-refractivity contribution >= 4 is 51.7 Å². The molecule has 11 heavy (non-hydrogen) atoms. The Morgan fingerprint density at radius 1 is 1.00 bits per heavy atom. The first-order valence-electron chi connectivity index (χ1n) is 3.11. The quantitative estimate of drug-likeness (QED) is 0.545. The second kappa shape index (κ2) is 3.08. The van der Waals surface area contributed by atoms with E-state index in [9.17, 15) is 0 Å². The Labute approximate surface area is 82.2 Å². The Hall–Kier alpha value is -0.130. The minimum atomic E-state index is 0.664. The predicted octanol–water partition coefficient (Wildman–Crippen LogP) is 1.19. The van der Waals surface area contributed by atoms with E-state index in [4.69, 9.17) is 36.7 Å². The SMILES string of the molecule is CN1C(=S)CC(=S)N(C)C1=S. The fourth-order valence-corrected chi connectivity index (χ4v) is 1.68. The number of rotatable bonds is 0. The molecule has 0 radical (unpaired) electrons. The van der Waals surface area contributed by atoms with E-state index in [1.807, 2.05) is 14.1 Å². The van der Waals surface area contributed by atoms with E-state index in [-0.39, 0.29) is 0 Å². The Morgan fingerprint density at radius 3 is 1.73 bits per heavy atom. The van der Waals surface area contributed by atoms with Crippen molar-refractivity contribution in [2.24, 2.45) is 0 Å². The van der Waals surface area contributed by atoms with Crippen LogP contribution in [0.5, 0.6) is 0 Å². The third-order valence-corrected chi connectivity index (χ3v) is 3.01. The normalized spacial score (nSPS) is 19.6. The second-order valence-electron chi connectivity index (χ2n) is 2.36. The molecule has 0 aromatic carbocycles. The zero-order chi connectivity index (χ0) is 8.59. The summed E-state index contributed by atoms with van der Waals surface area (Å²) >= 11 is 15.2. The van der Waals surface area contributed by atoms with Gasteiger partial charge in [0.2, 0.25) is 0 Å². The molecule has 0 bridgehead atoms. The first kappa shape index (κ1) is 8.96. The number of thiocarbonyl (C=S) groups is 3. The third-order valence-electron chi connectivity index (χ3n) is 1.62. The van der Waals surface area contributed by atoms with Gasteiger partial charge in [-0.05, 0) is 12.2 Å². The standard InChI is InChI=1S/C6H8N2S3/c1-7-4(9)3-5(10)8(2)6(7)11/h3H2,1-2H3. The molecule has 1 saturated heterocycles. The van der Waals surface area contributed by atoms with E-state index in [1.54, 1.807) is 9.80 Å². The smallest absolute Gasteiger partial charge is 0.180 e. The van der Waals surface area contributed by atoms with Crippen LogP contribution in [0.2, 0.25) is 0 Å². The molecule has 5 heteroatoms. The summed E-state index contributed by atoms with van der Waals surface area (Å²) in [5.74, 6) is 0. The molecule has 0 unspecified atom stereocenters. The molecule has 0 amide bonds. The molecule has 0 spiro atoms. The van der Waals surface area contributed by atoms with Crippen molar-refractivity contribution in [3.63, 3.8) is 0 Å². The second-order valence-corrected chi connectivity index (χ2v) is 3.67. The van der Waals surface area contributed by atoms with Gasteiger partial charge in [0.1, 0.15) is 0 Å². The summed E-state index contributed by atoms with van der Waals surface area (Å²) in [7, 11) is 3.73. The lowest BCUT2D eigenvalue weighted by Gasteiger charge is -2.34. The van der Waals surface area contributed by atoms with Gasteiger partial charge >= 0.3 is 0 Å². The van der Waals surface area contributed by atoms with Crippen molar-refractivity contribution in [1.29, 1.82) is 0 Å². The summed E-state index contributed by atoms with van der Waals surface area (Å²) in [4.78, 5) is 5.22. The Bertz CT molecular complexity index is 214. The molecular weight excluding hydrogens is 196 g/mol. The van der Waals surface area contributed by atoms with Gasteiger partial charge in [0.25, 0.3) is 0 Å². The molecule has 0 aromatic heterocycles. The highest BCUT2D eigenvalue weighted by Gasteiger charge is 2.23. The Morgan fingerprint density at radius 2 is 1.36 bits per heavy atom. The van der Waals surface area contributed by atoms with E-state index in [2.05, 4.69) is 0 Å². The summed E-state index contributed by atoms with van der Waals surface area (Å²) in [5, 5.41) is 0.686. The lowest BCUT2D eigenvalue weighted by molar-refractivity contribution is 0.607. The average molecular weight is 204 g/mol. The predicted molar refractivity (Wildman–Crippen MR) is 57.9 cm³/mol. The van der Waals surface area contributed by atoms with E-state index in [0.717, 1.165) is 9.98 Å². The van der Waals surface area contributed by atoms with Crippen LogP contribution in [-0.4, -0.2) is 39.0 Å². The zero-order valence-corrected chi connectivity index (χ0v) is 8.78. The maximum absolute atomic E-state index is 5.08. The third kappa shape index (κ3) is 1.55. The van der Waals surface area contributed by atoms with Crippen LogP contribution in [0.15, 0.2) is 0 Å². The highest BCUT2D eigenvalue weighted by atomic mass is 32.1. The fraction of sp³-hybridized carbons (Fsp3) is 0.500. The van der Waals surface area contributed by atoms with Crippen LogP contribution < -0.4 is 0 Å². The highest BCUT2D eigenvalue weighted by Crippen LogP contribution is 2.10. The van der Waals surface area contributed by atoms with E-state index in [0.29, 0.717) is 11.5 Å². The highest BCUT2D eigenvalue weighted by molar-refractivity contribution is 7.83. The molecule has 0 aliphatic carbocycles. The minimum absolute atomic E-state index is 0.664. The van der Waals surface area contributed by atoms with Gasteiger partial charge in [0.15, 0.2) is 5.11 Å². The monoisotopic (exact) mass is 204 g/mol. The largest absolute Gasteiger partial charge is 0.316 e. The summed E-state index contributed by atoms with van der Waals surface area (Å²) < 4.78 is 0. The van der Waals surface area contributed by atoms with Crippen molar-refractivity contribution < 1.29 is 0 Å². The fourth-order valence-electron chi connectivity index (χ4n) is 0.805. The molecule has 0 saturated carbocycles. The van der Waals surface area contributed by atoms with Crippen LogP contribution in [0.4, 0.5) is 0 Å². The van der Waals surface area contributed by atoms with Crippen LogP contribution in [0, 0.1) is 0 Å². The van der Waals surface area contributed by atoms with Crippen LogP contribution in [-0.2, 0) is 0 Å². The maximum atomic E-state index is 5.08. The molecule has 60 valence electrons. The summed E-state index contributed by atoms with van der Waals surface area (Å²) in [6.07, 6.45) is 0.664. The Balaban J connectivity index is 2.87. The van der Waals surface area contributed by atoms with E-state index < -0.39 is 0 Å². The van der Waals surface area contributed by atoms with Crippen LogP contribution in [0.1, 0.15) is 6.42 Å². The molecule has 2 nitrogen and oxygen atoms in total. The van der Waals surface area contributed by atoms with Crippen LogP contribution >= 0.6 is 36.7 Å². The molecular formula is C6H8N2S3. The van der Waals surface area contributed by atoms with Gasteiger partial charge in [0, 0.05) is 20.5 Å². The molecule has 1 heterocycles. The maximum Gasteiger partial charge on any atom is 0.180 e. The van der Waals surface area contributed by atoms with Crippen LogP contribution in [0.25, 0.3) is 0 Å². The molecule has 1 fully saturated rings. The summed E-state index contributed by atoms with van der Waals surface area (Å²) in [6, 6.07) is 0. The molecule has 0 atom stereocenters. The van der Waals surface area contributed by atoms with Crippen molar-refractivity contribution in [1.82, 2.24) is 9.80 Å². The van der Waals surface area contributed by atoms with Crippen molar-refractivity contribution in [2.75, 3.05) is 14.1 Å². The first-order valence-corrected chi connectivity index (χ1v) is 4.33.